The van der Waals surface area contributed by atoms with Crippen LogP contribution in [0.15, 0.2) is 24.3 Å². The zero-order valence-electron chi connectivity index (χ0n) is 13.9. The van der Waals surface area contributed by atoms with Crippen LogP contribution in [-0.2, 0) is 17.7 Å². The molecule has 1 aromatic heterocycles. The second kappa shape index (κ2) is 6.00. The SMILES string of the molecule is Cc1nc(C)c(CNC2c3ccccc3CC23CCOCC3)s1. The summed E-state index contributed by atoms with van der Waals surface area (Å²) in [6.45, 7) is 6.91. The lowest BCUT2D eigenvalue weighted by Crippen LogP contribution is -2.39. The first-order valence-corrected chi connectivity index (χ1v) is 9.31. The molecule has 0 saturated carbocycles. The maximum atomic E-state index is 5.65. The number of aryl methyl sites for hydroxylation is 2. The Kier molecular flexibility index (Phi) is 4.00. The fourth-order valence-electron chi connectivity index (χ4n) is 4.29. The predicted octanol–water partition coefficient (Wildman–Crippen LogP) is 3.94. The molecule has 23 heavy (non-hydrogen) atoms. The molecule has 122 valence electrons. The molecule has 0 radical (unpaired) electrons. The van der Waals surface area contributed by atoms with E-state index in [1.54, 1.807) is 0 Å². The van der Waals surface area contributed by atoms with Gasteiger partial charge in [0.2, 0.25) is 0 Å². The number of nitrogens with one attached hydrogen (secondary N) is 1. The van der Waals surface area contributed by atoms with Crippen molar-refractivity contribution in [2.75, 3.05) is 13.2 Å². The number of nitrogens with zero attached hydrogens (tertiary/aromatic N) is 1. The summed E-state index contributed by atoms with van der Waals surface area (Å²) in [6, 6.07) is 9.39. The van der Waals surface area contributed by atoms with Crippen LogP contribution in [0, 0.1) is 19.3 Å². The van der Waals surface area contributed by atoms with E-state index in [-0.39, 0.29) is 0 Å². The Morgan fingerprint density at radius 2 is 2.04 bits per heavy atom. The molecule has 4 rings (SSSR count). The molecule has 1 aliphatic carbocycles. The molecule has 4 heteroatoms. The van der Waals surface area contributed by atoms with E-state index in [2.05, 4.69) is 48.4 Å². The quantitative estimate of drug-likeness (QED) is 0.926. The third kappa shape index (κ3) is 2.73. The van der Waals surface area contributed by atoms with Crippen molar-refractivity contribution in [1.82, 2.24) is 10.3 Å². The van der Waals surface area contributed by atoms with Crippen LogP contribution >= 0.6 is 11.3 Å². The number of hydrogen-bond acceptors (Lipinski definition) is 4. The Morgan fingerprint density at radius 3 is 2.78 bits per heavy atom. The number of aromatic nitrogens is 1. The minimum absolute atomic E-state index is 0.329. The van der Waals surface area contributed by atoms with E-state index in [9.17, 15) is 0 Å². The highest BCUT2D eigenvalue weighted by atomic mass is 32.1. The zero-order valence-corrected chi connectivity index (χ0v) is 14.7. The standard InChI is InChI=1S/C19H24N2OS/c1-13-17(23-14(2)21-13)12-20-18-16-6-4-3-5-15(16)11-19(18)7-9-22-10-8-19/h3-6,18,20H,7-12H2,1-2H3. The van der Waals surface area contributed by atoms with Gasteiger partial charge in [-0.2, -0.15) is 0 Å². The van der Waals surface area contributed by atoms with Crippen LogP contribution in [-0.4, -0.2) is 18.2 Å². The van der Waals surface area contributed by atoms with Crippen molar-refractivity contribution in [2.24, 2.45) is 5.41 Å². The van der Waals surface area contributed by atoms with Crippen LogP contribution in [0.5, 0.6) is 0 Å². The van der Waals surface area contributed by atoms with Crippen LogP contribution in [0.1, 0.15) is 45.6 Å². The van der Waals surface area contributed by atoms with Crippen molar-refractivity contribution in [1.29, 1.82) is 0 Å². The van der Waals surface area contributed by atoms with Crippen molar-refractivity contribution >= 4 is 11.3 Å². The molecule has 3 nitrogen and oxygen atoms in total. The van der Waals surface area contributed by atoms with Crippen LogP contribution in [0.2, 0.25) is 0 Å². The molecule has 0 amide bonds. The molecule has 2 heterocycles. The van der Waals surface area contributed by atoms with Gasteiger partial charge in [0.1, 0.15) is 0 Å². The van der Waals surface area contributed by atoms with Gasteiger partial charge in [0.15, 0.2) is 0 Å². The van der Waals surface area contributed by atoms with Gasteiger partial charge >= 0.3 is 0 Å². The zero-order chi connectivity index (χ0) is 15.9. The lowest BCUT2D eigenvalue weighted by molar-refractivity contribution is -0.000192. The van der Waals surface area contributed by atoms with E-state index >= 15 is 0 Å². The van der Waals surface area contributed by atoms with Gasteiger partial charge in [-0.15, -0.1) is 11.3 Å². The Labute approximate surface area is 142 Å². The maximum Gasteiger partial charge on any atom is 0.0900 e. The molecular weight excluding hydrogens is 304 g/mol. The van der Waals surface area contributed by atoms with Gasteiger partial charge in [-0.05, 0) is 49.7 Å². The summed E-state index contributed by atoms with van der Waals surface area (Å²) in [5, 5.41) is 5.04. The van der Waals surface area contributed by atoms with Crippen molar-refractivity contribution < 1.29 is 4.74 Å². The normalized spacial score (nSPS) is 22.4. The molecule has 1 saturated heterocycles. The average molecular weight is 328 g/mol. The summed E-state index contributed by atoms with van der Waals surface area (Å²) in [5.74, 6) is 0. The number of hydrogen-bond donors (Lipinski definition) is 1. The van der Waals surface area contributed by atoms with Crippen molar-refractivity contribution in [3.05, 3.63) is 51.0 Å². The lowest BCUT2D eigenvalue weighted by Gasteiger charge is -2.39. The third-order valence-electron chi connectivity index (χ3n) is 5.48. The summed E-state index contributed by atoms with van der Waals surface area (Å²) < 4.78 is 5.65. The van der Waals surface area contributed by atoms with E-state index in [1.807, 2.05) is 11.3 Å². The minimum atomic E-state index is 0.329. The van der Waals surface area contributed by atoms with E-state index in [1.165, 1.54) is 28.1 Å². The van der Waals surface area contributed by atoms with Gasteiger partial charge in [-0.3, -0.25) is 0 Å². The number of ether oxygens (including phenoxy) is 1. The fraction of sp³-hybridized carbons (Fsp3) is 0.526. The van der Waals surface area contributed by atoms with Crippen LogP contribution in [0.25, 0.3) is 0 Å². The first-order chi connectivity index (χ1) is 11.2. The molecule has 1 aliphatic heterocycles. The second-order valence-electron chi connectivity index (χ2n) is 6.91. The predicted molar refractivity (Wildman–Crippen MR) is 93.8 cm³/mol. The first-order valence-electron chi connectivity index (χ1n) is 8.50. The first kappa shape index (κ1) is 15.3. The Balaban J connectivity index is 1.61. The van der Waals surface area contributed by atoms with E-state index in [4.69, 9.17) is 4.74 Å². The van der Waals surface area contributed by atoms with Gasteiger partial charge in [0.25, 0.3) is 0 Å². The molecule has 1 spiro atoms. The molecule has 2 aliphatic rings. The summed E-state index contributed by atoms with van der Waals surface area (Å²) in [7, 11) is 0. The summed E-state index contributed by atoms with van der Waals surface area (Å²) in [4.78, 5) is 5.93. The molecule has 0 bridgehead atoms. The van der Waals surface area contributed by atoms with E-state index < -0.39 is 0 Å². The van der Waals surface area contributed by atoms with Gasteiger partial charge in [0, 0.05) is 30.7 Å². The highest BCUT2D eigenvalue weighted by Crippen LogP contribution is 2.51. The molecule has 1 fully saturated rings. The molecule has 1 N–H and O–H groups in total. The van der Waals surface area contributed by atoms with Crippen LogP contribution < -0.4 is 5.32 Å². The van der Waals surface area contributed by atoms with Gasteiger partial charge < -0.3 is 10.1 Å². The largest absolute Gasteiger partial charge is 0.381 e. The van der Waals surface area contributed by atoms with Gasteiger partial charge in [-0.25, -0.2) is 4.98 Å². The Morgan fingerprint density at radius 1 is 1.26 bits per heavy atom. The van der Waals surface area contributed by atoms with Crippen molar-refractivity contribution in [3.63, 3.8) is 0 Å². The lowest BCUT2D eigenvalue weighted by atomic mass is 9.74. The number of fused-ring (bicyclic) bond motifs is 1. The topological polar surface area (TPSA) is 34.2 Å². The van der Waals surface area contributed by atoms with Gasteiger partial charge in [-0.1, -0.05) is 24.3 Å². The number of thiazole rings is 1. The molecule has 1 atom stereocenters. The monoisotopic (exact) mass is 328 g/mol. The maximum absolute atomic E-state index is 5.65. The van der Waals surface area contributed by atoms with Gasteiger partial charge in [0.05, 0.1) is 10.7 Å². The average Bonchev–Trinajstić information content (AvgIpc) is 3.02. The Bertz CT molecular complexity index is 703. The van der Waals surface area contributed by atoms with Crippen LogP contribution in [0.3, 0.4) is 0 Å². The van der Waals surface area contributed by atoms with Crippen LogP contribution in [0.4, 0.5) is 0 Å². The van der Waals surface area contributed by atoms with Crippen molar-refractivity contribution in [2.45, 2.75) is 45.7 Å². The second-order valence-corrected chi connectivity index (χ2v) is 8.19. The molecule has 1 aromatic carbocycles. The van der Waals surface area contributed by atoms with E-state index in [0.717, 1.165) is 37.6 Å². The summed E-state index contributed by atoms with van der Waals surface area (Å²) in [5.41, 5.74) is 4.51. The van der Waals surface area contributed by atoms with E-state index in [0.29, 0.717) is 11.5 Å². The summed E-state index contributed by atoms with van der Waals surface area (Å²) in [6.07, 6.45) is 3.49. The third-order valence-corrected chi connectivity index (χ3v) is 6.55. The fourth-order valence-corrected chi connectivity index (χ4v) is 5.18. The highest BCUT2D eigenvalue weighted by molar-refractivity contribution is 7.11. The number of benzene rings is 1. The van der Waals surface area contributed by atoms with Crippen molar-refractivity contribution in [3.8, 4) is 0 Å². The molecule has 2 aromatic rings. The molecular formula is C19H24N2OS. The minimum Gasteiger partial charge on any atom is -0.381 e. The highest BCUT2D eigenvalue weighted by Gasteiger charge is 2.46. The smallest absolute Gasteiger partial charge is 0.0900 e. The number of rotatable bonds is 3. The molecule has 1 unspecified atom stereocenters. The Hall–Kier alpha value is -1.23. The summed E-state index contributed by atoms with van der Waals surface area (Å²) >= 11 is 1.82.